The molecule has 1 aliphatic rings. The van der Waals surface area contributed by atoms with Crippen LogP contribution in [0.1, 0.15) is 19.4 Å². The van der Waals surface area contributed by atoms with E-state index in [9.17, 15) is 14.4 Å². The molecular formula is C20H29N3O5. The standard InChI is InChI=1S/C20H29N3O5/c1-15(2)28-17-7-5-6-16(12-17)13-19(25)27-14-18(24)22-8-10-23(11-9-22)20(26)21(3)4/h5-7,12,15H,8-11,13-14H2,1-4H3. The zero-order valence-corrected chi connectivity index (χ0v) is 17.0. The zero-order chi connectivity index (χ0) is 20.7. The van der Waals surface area contributed by atoms with Crippen LogP contribution in [-0.2, 0) is 20.7 Å². The van der Waals surface area contributed by atoms with Crippen molar-refractivity contribution in [2.24, 2.45) is 0 Å². The first kappa shape index (κ1) is 21.5. The quantitative estimate of drug-likeness (QED) is 0.685. The smallest absolute Gasteiger partial charge is 0.319 e. The Hall–Kier alpha value is -2.77. The molecule has 0 atom stereocenters. The van der Waals surface area contributed by atoms with E-state index in [-0.39, 0.29) is 31.1 Å². The molecule has 1 heterocycles. The molecule has 1 saturated heterocycles. The minimum atomic E-state index is -0.462. The number of benzene rings is 1. The van der Waals surface area contributed by atoms with Crippen LogP contribution in [0.4, 0.5) is 4.79 Å². The number of piperazine rings is 1. The van der Waals surface area contributed by atoms with Crippen molar-refractivity contribution >= 4 is 17.9 Å². The molecule has 154 valence electrons. The summed E-state index contributed by atoms with van der Waals surface area (Å²) in [6.07, 6.45) is 0.126. The highest BCUT2D eigenvalue weighted by Gasteiger charge is 2.25. The predicted molar refractivity (Wildman–Crippen MR) is 104 cm³/mol. The topological polar surface area (TPSA) is 79.4 Å². The van der Waals surface area contributed by atoms with E-state index < -0.39 is 5.97 Å². The zero-order valence-electron chi connectivity index (χ0n) is 17.0. The number of urea groups is 1. The van der Waals surface area contributed by atoms with Gasteiger partial charge < -0.3 is 24.2 Å². The first-order valence-electron chi connectivity index (χ1n) is 9.41. The number of nitrogens with zero attached hydrogens (tertiary/aromatic N) is 3. The van der Waals surface area contributed by atoms with Crippen LogP contribution in [0, 0.1) is 0 Å². The van der Waals surface area contributed by atoms with Crippen molar-refractivity contribution in [1.29, 1.82) is 0 Å². The van der Waals surface area contributed by atoms with Gasteiger partial charge in [-0.25, -0.2) is 4.79 Å². The second kappa shape index (κ2) is 9.96. The fraction of sp³-hybridized carbons (Fsp3) is 0.550. The Labute approximate surface area is 166 Å². The molecule has 0 aromatic heterocycles. The molecule has 0 radical (unpaired) electrons. The molecule has 3 amide bonds. The number of carbonyl (C=O) groups excluding carboxylic acids is 3. The van der Waals surface area contributed by atoms with E-state index in [0.717, 1.165) is 5.56 Å². The van der Waals surface area contributed by atoms with E-state index in [1.165, 1.54) is 4.90 Å². The van der Waals surface area contributed by atoms with Crippen molar-refractivity contribution in [3.8, 4) is 5.75 Å². The summed E-state index contributed by atoms with van der Waals surface area (Å²) in [5.41, 5.74) is 0.770. The SMILES string of the molecule is CC(C)Oc1cccc(CC(=O)OCC(=O)N2CCN(C(=O)N(C)C)CC2)c1. The highest BCUT2D eigenvalue weighted by atomic mass is 16.5. The molecule has 8 nitrogen and oxygen atoms in total. The highest BCUT2D eigenvalue weighted by Crippen LogP contribution is 2.15. The lowest BCUT2D eigenvalue weighted by atomic mass is 10.1. The van der Waals surface area contributed by atoms with Gasteiger partial charge in [0.2, 0.25) is 0 Å². The van der Waals surface area contributed by atoms with Crippen molar-refractivity contribution in [3.63, 3.8) is 0 Å². The van der Waals surface area contributed by atoms with Crippen LogP contribution in [0.2, 0.25) is 0 Å². The summed E-state index contributed by atoms with van der Waals surface area (Å²) in [6, 6.07) is 7.20. The largest absolute Gasteiger partial charge is 0.491 e. The van der Waals surface area contributed by atoms with Crippen molar-refractivity contribution in [2.75, 3.05) is 46.9 Å². The summed E-state index contributed by atoms with van der Waals surface area (Å²) in [6.45, 7) is 5.39. The molecule has 0 spiro atoms. The number of carbonyl (C=O) groups is 3. The van der Waals surface area contributed by atoms with Crippen LogP contribution in [-0.4, -0.2) is 85.6 Å². The minimum Gasteiger partial charge on any atom is -0.491 e. The summed E-state index contributed by atoms with van der Waals surface area (Å²) in [7, 11) is 3.40. The van der Waals surface area contributed by atoms with Crippen LogP contribution in [0.3, 0.4) is 0 Å². The van der Waals surface area contributed by atoms with Gasteiger partial charge in [0.1, 0.15) is 5.75 Å². The third kappa shape index (κ3) is 6.44. The molecule has 2 rings (SSSR count). The molecule has 0 N–H and O–H groups in total. The number of hydrogen-bond donors (Lipinski definition) is 0. The van der Waals surface area contributed by atoms with E-state index in [2.05, 4.69) is 0 Å². The number of esters is 1. The summed E-state index contributed by atoms with van der Waals surface area (Å²) >= 11 is 0. The Morgan fingerprint density at radius 2 is 1.71 bits per heavy atom. The van der Waals surface area contributed by atoms with Gasteiger partial charge in [-0.1, -0.05) is 12.1 Å². The molecule has 1 aromatic rings. The van der Waals surface area contributed by atoms with E-state index >= 15 is 0 Å². The Morgan fingerprint density at radius 1 is 1.07 bits per heavy atom. The molecule has 1 aliphatic heterocycles. The van der Waals surface area contributed by atoms with Gasteiger partial charge in [0, 0.05) is 40.3 Å². The van der Waals surface area contributed by atoms with E-state index in [1.807, 2.05) is 32.0 Å². The summed E-state index contributed by atoms with van der Waals surface area (Å²) in [4.78, 5) is 41.1. The number of rotatable bonds is 6. The molecule has 28 heavy (non-hydrogen) atoms. The molecule has 0 bridgehead atoms. The molecule has 0 unspecified atom stereocenters. The van der Waals surface area contributed by atoms with Gasteiger partial charge in [0.05, 0.1) is 12.5 Å². The predicted octanol–water partition coefficient (Wildman–Crippen LogP) is 1.39. The average molecular weight is 391 g/mol. The van der Waals surface area contributed by atoms with Crippen molar-refractivity contribution in [3.05, 3.63) is 29.8 Å². The first-order chi connectivity index (χ1) is 13.3. The maximum Gasteiger partial charge on any atom is 0.319 e. The minimum absolute atomic E-state index is 0.0494. The third-order valence-electron chi connectivity index (χ3n) is 4.26. The van der Waals surface area contributed by atoms with Gasteiger partial charge in [0.15, 0.2) is 6.61 Å². The lowest BCUT2D eigenvalue weighted by Gasteiger charge is -2.35. The maximum absolute atomic E-state index is 12.3. The highest BCUT2D eigenvalue weighted by molar-refractivity contribution is 5.82. The third-order valence-corrected chi connectivity index (χ3v) is 4.26. The van der Waals surface area contributed by atoms with Crippen LogP contribution >= 0.6 is 0 Å². The monoisotopic (exact) mass is 391 g/mol. The fourth-order valence-corrected chi connectivity index (χ4v) is 2.88. The Balaban J connectivity index is 1.76. The van der Waals surface area contributed by atoms with Crippen molar-refractivity contribution < 1.29 is 23.9 Å². The average Bonchev–Trinajstić information content (AvgIpc) is 2.65. The van der Waals surface area contributed by atoms with E-state index in [0.29, 0.717) is 31.9 Å². The van der Waals surface area contributed by atoms with Gasteiger partial charge in [-0.3, -0.25) is 9.59 Å². The van der Waals surface area contributed by atoms with Gasteiger partial charge in [-0.2, -0.15) is 0 Å². The van der Waals surface area contributed by atoms with E-state index in [4.69, 9.17) is 9.47 Å². The fourth-order valence-electron chi connectivity index (χ4n) is 2.88. The van der Waals surface area contributed by atoms with Crippen LogP contribution < -0.4 is 4.74 Å². The molecule has 8 heteroatoms. The van der Waals surface area contributed by atoms with Crippen LogP contribution in [0.25, 0.3) is 0 Å². The second-order valence-corrected chi connectivity index (χ2v) is 7.20. The Kier molecular flexibility index (Phi) is 7.66. The van der Waals surface area contributed by atoms with Crippen molar-refractivity contribution in [1.82, 2.24) is 14.7 Å². The Bertz CT molecular complexity index is 697. The molecular weight excluding hydrogens is 362 g/mol. The van der Waals surface area contributed by atoms with Gasteiger partial charge >= 0.3 is 12.0 Å². The first-order valence-corrected chi connectivity index (χ1v) is 9.41. The van der Waals surface area contributed by atoms with Crippen molar-refractivity contribution in [2.45, 2.75) is 26.4 Å². The molecule has 0 saturated carbocycles. The Morgan fingerprint density at radius 3 is 2.32 bits per heavy atom. The molecule has 1 fully saturated rings. The summed E-state index contributed by atoms with van der Waals surface area (Å²) in [5.74, 6) is -0.0137. The van der Waals surface area contributed by atoms with Gasteiger partial charge in [0.25, 0.3) is 5.91 Å². The number of ether oxygens (including phenoxy) is 2. The van der Waals surface area contributed by atoms with Crippen LogP contribution in [0.5, 0.6) is 5.75 Å². The number of hydrogen-bond acceptors (Lipinski definition) is 5. The van der Waals surface area contributed by atoms with Crippen LogP contribution in [0.15, 0.2) is 24.3 Å². The summed E-state index contributed by atoms with van der Waals surface area (Å²) < 4.78 is 10.7. The molecule has 1 aromatic carbocycles. The number of amides is 3. The summed E-state index contributed by atoms with van der Waals surface area (Å²) in [5, 5.41) is 0. The molecule has 0 aliphatic carbocycles. The van der Waals surface area contributed by atoms with Gasteiger partial charge in [-0.05, 0) is 31.5 Å². The van der Waals surface area contributed by atoms with Gasteiger partial charge in [-0.15, -0.1) is 0 Å². The van der Waals surface area contributed by atoms with E-state index in [1.54, 1.807) is 30.0 Å². The second-order valence-electron chi connectivity index (χ2n) is 7.20. The maximum atomic E-state index is 12.3. The lowest BCUT2D eigenvalue weighted by Crippen LogP contribution is -2.53. The normalized spacial score (nSPS) is 14.0. The lowest BCUT2D eigenvalue weighted by molar-refractivity contribution is -0.152.